The van der Waals surface area contributed by atoms with Gasteiger partial charge in [0.15, 0.2) is 0 Å². The molecule has 11 nitrogen and oxygen atoms in total. The number of ketones is 1. The first-order valence-corrected chi connectivity index (χ1v) is 4.87. The number of amides is 4. The molecule has 0 spiro atoms. The average molecular weight is 276 g/mol. The molecule has 0 heterocycles. The number of nitrogens with two attached hydrogens (primary N) is 2. The first-order chi connectivity index (χ1) is 8.82. The van der Waals surface area contributed by atoms with Crippen LogP contribution in [0, 0.1) is 0 Å². The van der Waals surface area contributed by atoms with Gasteiger partial charge in [0.1, 0.15) is 0 Å². The highest BCUT2D eigenvalue weighted by Crippen LogP contribution is 1.99. The molecule has 0 bridgehead atoms. The lowest BCUT2D eigenvalue weighted by atomic mass is 10.2. The summed E-state index contributed by atoms with van der Waals surface area (Å²) < 4.78 is 0. The largest absolute Gasteiger partial charge is 0.398 e. The zero-order valence-corrected chi connectivity index (χ0v) is 9.63. The van der Waals surface area contributed by atoms with Crippen molar-refractivity contribution >= 4 is 29.8 Å². The SMILES string of the molecule is NC(=O)NOC(=O)CCCC(=O)C(=O)ONC(N)=O. The van der Waals surface area contributed by atoms with Gasteiger partial charge in [0.05, 0.1) is 0 Å². The molecule has 0 radical (unpaired) electrons. The second-order valence-electron chi connectivity index (χ2n) is 3.07. The summed E-state index contributed by atoms with van der Waals surface area (Å²) in [5, 5.41) is 0. The monoisotopic (exact) mass is 276 g/mol. The Morgan fingerprint density at radius 1 is 0.842 bits per heavy atom. The van der Waals surface area contributed by atoms with Gasteiger partial charge in [-0.2, -0.15) is 11.0 Å². The van der Waals surface area contributed by atoms with Crippen LogP contribution in [-0.2, 0) is 24.1 Å². The van der Waals surface area contributed by atoms with Gasteiger partial charge in [-0.25, -0.2) is 19.2 Å². The van der Waals surface area contributed by atoms with Crippen molar-refractivity contribution < 1.29 is 33.6 Å². The molecule has 106 valence electrons. The number of hydrogen-bond donors (Lipinski definition) is 4. The minimum atomic E-state index is -1.32. The Bertz CT molecular complexity index is 395. The molecule has 19 heavy (non-hydrogen) atoms. The fourth-order valence-electron chi connectivity index (χ4n) is 0.807. The molecule has 0 aromatic heterocycles. The Labute approximate surface area is 106 Å². The van der Waals surface area contributed by atoms with E-state index in [9.17, 15) is 24.0 Å². The van der Waals surface area contributed by atoms with Gasteiger partial charge in [0, 0.05) is 12.8 Å². The summed E-state index contributed by atoms with van der Waals surface area (Å²) in [4.78, 5) is 61.4. The molecule has 0 rings (SSSR count). The van der Waals surface area contributed by atoms with Crippen LogP contribution in [0.3, 0.4) is 0 Å². The van der Waals surface area contributed by atoms with Crippen LogP contribution >= 0.6 is 0 Å². The minimum Gasteiger partial charge on any atom is -0.349 e. The summed E-state index contributed by atoms with van der Waals surface area (Å²) in [7, 11) is 0. The van der Waals surface area contributed by atoms with Crippen LogP contribution in [0.2, 0.25) is 0 Å². The molecule has 0 saturated heterocycles. The zero-order valence-electron chi connectivity index (χ0n) is 9.63. The molecule has 0 saturated carbocycles. The number of nitrogens with one attached hydrogen (secondary N) is 2. The summed E-state index contributed by atoms with van der Waals surface area (Å²) in [6, 6.07) is -2.19. The average Bonchev–Trinajstić information content (AvgIpc) is 2.33. The first-order valence-electron chi connectivity index (χ1n) is 4.87. The minimum absolute atomic E-state index is 0.0240. The molecular weight excluding hydrogens is 264 g/mol. The lowest BCUT2D eigenvalue weighted by Gasteiger charge is -2.03. The molecule has 0 aliphatic heterocycles. The van der Waals surface area contributed by atoms with Gasteiger partial charge in [-0.15, -0.1) is 0 Å². The molecule has 0 aromatic carbocycles. The smallest absolute Gasteiger partial charge is 0.349 e. The van der Waals surface area contributed by atoms with Crippen LogP contribution in [-0.4, -0.2) is 29.8 Å². The molecule has 11 heteroatoms. The maximum absolute atomic E-state index is 11.1. The van der Waals surface area contributed by atoms with Crippen molar-refractivity contribution in [3.63, 3.8) is 0 Å². The molecule has 0 fully saturated rings. The number of primary amides is 2. The summed E-state index contributed by atoms with van der Waals surface area (Å²) in [6.45, 7) is 0. The molecule has 0 aliphatic carbocycles. The second kappa shape index (κ2) is 8.27. The Balaban J connectivity index is 3.78. The molecule has 0 aromatic rings. The van der Waals surface area contributed by atoms with E-state index in [1.54, 1.807) is 5.48 Å². The number of urea groups is 2. The number of hydrogen-bond acceptors (Lipinski definition) is 7. The highest BCUT2D eigenvalue weighted by atomic mass is 16.7. The maximum Gasteiger partial charge on any atom is 0.398 e. The third-order valence-electron chi connectivity index (χ3n) is 1.52. The van der Waals surface area contributed by atoms with Gasteiger partial charge < -0.3 is 21.1 Å². The van der Waals surface area contributed by atoms with Crippen LogP contribution in [0.5, 0.6) is 0 Å². The van der Waals surface area contributed by atoms with Crippen LogP contribution in [0.15, 0.2) is 0 Å². The van der Waals surface area contributed by atoms with E-state index in [0.717, 1.165) is 0 Å². The Hall–Kier alpha value is -2.85. The lowest BCUT2D eigenvalue weighted by Crippen LogP contribution is -2.34. The third-order valence-corrected chi connectivity index (χ3v) is 1.52. The van der Waals surface area contributed by atoms with Crippen molar-refractivity contribution in [1.29, 1.82) is 0 Å². The predicted molar refractivity (Wildman–Crippen MR) is 56.5 cm³/mol. The van der Waals surface area contributed by atoms with Gasteiger partial charge in [-0.05, 0) is 6.42 Å². The van der Waals surface area contributed by atoms with Crippen LogP contribution in [0.25, 0.3) is 0 Å². The standard InChI is InChI=1S/C8H12N4O7/c9-7(16)11-18-5(14)3-1-2-4(13)6(15)19-12-8(10)17/h1-3H2,(H3,9,11,16)(H3,10,12,17). The van der Waals surface area contributed by atoms with Gasteiger partial charge in [-0.1, -0.05) is 0 Å². The Morgan fingerprint density at radius 3 is 1.89 bits per heavy atom. The summed E-state index contributed by atoms with van der Waals surface area (Å²) in [5.74, 6) is -3.12. The number of carbonyl (C=O) groups excluding carboxylic acids is 5. The molecule has 0 unspecified atom stereocenters. The van der Waals surface area contributed by atoms with E-state index in [2.05, 4.69) is 21.1 Å². The van der Waals surface area contributed by atoms with E-state index in [1.165, 1.54) is 5.48 Å². The predicted octanol–water partition coefficient (Wildman–Crippen LogP) is -2.02. The molecule has 0 aliphatic rings. The molecule has 6 N–H and O–H groups in total. The molecular formula is C8H12N4O7. The fourth-order valence-corrected chi connectivity index (χ4v) is 0.807. The van der Waals surface area contributed by atoms with E-state index in [4.69, 9.17) is 0 Å². The number of rotatable bonds is 5. The number of carbonyl (C=O) groups is 5. The van der Waals surface area contributed by atoms with Crippen molar-refractivity contribution in [2.24, 2.45) is 11.5 Å². The second-order valence-corrected chi connectivity index (χ2v) is 3.07. The van der Waals surface area contributed by atoms with E-state index >= 15 is 0 Å². The first kappa shape index (κ1) is 16.1. The van der Waals surface area contributed by atoms with Crippen LogP contribution in [0.4, 0.5) is 9.59 Å². The topological polar surface area (TPSA) is 180 Å². The summed E-state index contributed by atoms with van der Waals surface area (Å²) in [6.07, 6.45) is -0.572. The Morgan fingerprint density at radius 2 is 1.37 bits per heavy atom. The highest BCUT2D eigenvalue weighted by molar-refractivity contribution is 6.33. The van der Waals surface area contributed by atoms with Gasteiger partial charge in [0.25, 0.3) is 0 Å². The van der Waals surface area contributed by atoms with Gasteiger partial charge in [-0.3, -0.25) is 4.79 Å². The van der Waals surface area contributed by atoms with E-state index in [0.29, 0.717) is 0 Å². The molecule has 0 atom stereocenters. The number of hydroxylamine groups is 2. The molecule has 4 amide bonds. The lowest BCUT2D eigenvalue weighted by molar-refractivity contribution is -0.158. The zero-order chi connectivity index (χ0) is 14.8. The third kappa shape index (κ3) is 8.91. The van der Waals surface area contributed by atoms with E-state index in [1.807, 2.05) is 0 Å². The highest BCUT2D eigenvalue weighted by Gasteiger charge is 2.17. The van der Waals surface area contributed by atoms with Crippen molar-refractivity contribution in [3.05, 3.63) is 0 Å². The van der Waals surface area contributed by atoms with Crippen LogP contribution in [0.1, 0.15) is 19.3 Å². The van der Waals surface area contributed by atoms with Crippen molar-refractivity contribution in [2.75, 3.05) is 0 Å². The van der Waals surface area contributed by atoms with E-state index < -0.39 is 29.8 Å². The van der Waals surface area contributed by atoms with Crippen molar-refractivity contribution in [3.8, 4) is 0 Å². The summed E-state index contributed by atoms with van der Waals surface area (Å²) in [5.41, 5.74) is 12.3. The van der Waals surface area contributed by atoms with Crippen LogP contribution < -0.4 is 22.4 Å². The fraction of sp³-hybridized carbons (Fsp3) is 0.375. The van der Waals surface area contributed by atoms with Gasteiger partial charge >= 0.3 is 24.0 Å². The van der Waals surface area contributed by atoms with E-state index in [-0.39, 0.29) is 19.3 Å². The summed E-state index contributed by atoms with van der Waals surface area (Å²) >= 11 is 0. The quantitative estimate of drug-likeness (QED) is 0.330. The number of Topliss-reactive ketones (excluding diaryl/α,β-unsaturated/α-hetero) is 1. The maximum atomic E-state index is 11.1. The van der Waals surface area contributed by atoms with Crippen molar-refractivity contribution in [2.45, 2.75) is 19.3 Å². The normalized spacial score (nSPS) is 9.05. The van der Waals surface area contributed by atoms with Crippen molar-refractivity contribution in [1.82, 2.24) is 11.0 Å². The Kier molecular flexibility index (Phi) is 7.03. The van der Waals surface area contributed by atoms with Gasteiger partial charge in [0.2, 0.25) is 5.78 Å².